The van der Waals surface area contributed by atoms with Crippen molar-refractivity contribution in [2.75, 3.05) is 0 Å². The van der Waals surface area contributed by atoms with Gasteiger partial charge in [0.1, 0.15) is 11.2 Å². The molecule has 8 aromatic carbocycles. The van der Waals surface area contributed by atoms with E-state index in [1.807, 2.05) is 66.7 Å². The van der Waals surface area contributed by atoms with Crippen molar-refractivity contribution in [2.24, 2.45) is 0 Å². The summed E-state index contributed by atoms with van der Waals surface area (Å²) in [6.45, 7) is 4.70. The first-order valence-electron chi connectivity index (χ1n) is 20.1. The van der Waals surface area contributed by atoms with E-state index in [1.165, 1.54) is 33.0 Å². The number of rotatable bonds is 5. The molecule has 0 radical (unpaired) electrons. The van der Waals surface area contributed by atoms with E-state index in [4.69, 9.17) is 19.4 Å². The molecule has 0 unspecified atom stereocenters. The van der Waals surface area contributed by atoms with Crippen molar-refractivity contribution in [3.05, 3.63) is 193 Å². The Bertz CT molecular complexity index is 3400. The fourth-order valence-electron chi connectivity index (χ4n) is 9.47. The number of benzene rings is 8. The molecule has 0 saturated carbocycles. The van der Waals surface area contributed by atoms with Crippen LogP contribution in [-0.2, 0) is 5.41 Å². The summed E-state index contributed by atoms with van der Waals surface area (Å²) in [6, 6.07) is 64.0. The average molecular weight is 757 g/mol. The van der Waals surface area contributed by atoms with Crippen LogP contribution in [-0.4, -0.2) is 19.5 Å². The van der Waals surface area contributed by atoms with E-state index >= 15 is 0 Å². The molecule has 0 saturated heterocycles. The third kappa shape index (κ3) is 5.01. The maximum atomic E-state index is 7.06. The summed E-state index contributed by atoms with van der Waals surface area (Å²) >= 11 is 0. The number of hydrogen-bond donors (Lipinski definition) is 0. The van der Waals surface area contributed by atoms with Gasteiger partial charge in [-0.05, 0) is 64.2 Å². The monoisotopic (exact) mass is 756 g/mol. The minimum atomic E-state index is -0.158. The van der Waals surface area contributed by atoms with E-state index in [0.29, 0.717) is 17.5 Å². The topological polar surface area (TPSA) is 56.7 Å². The minimum Gasteiger partial charge on any atom is -0.455 e. The third-order valence-corrected chi connectivity index (χ3v) is 12.3. The first-order valence-corrected chi connectivity index (χ1v) is 20.1. The maximum absolute atomic E-state index is 7.06. The van der Waals surface area contributed by atoms with Crippen LogP contribution in [0, 0.1) is 0 Å². The van der Waals surface area contributed by atoms with E-state index in [9.17, 15) is 0 Å². The predicted octanol–water partition coefficient (Wildman–Crippen LogP) is 13.8. The van der Waals surface area contributed by atoms with Crippen molar-refractivity contribution < 1.29 is 4.42 Å². The molecule has 0 spiro atoms. The largest absolute Gasteiger partial charge is 0.455 e. The number of furan rings is 1. The van der Waals surface area contributed by atoms with Crippen LogP contribution in [0.25, 0.3) is 106 Å². The summed E-state index contributed by atoms with van der Waals surface area (Å²) in [5, 5.41) is 4.39. The maximum Gasteiger partial charge on any atom is 0.164 e. The van der Waals surface area contributed by atoms with E-state index in [1.54, 1.807) is 0 Å². The van der Waals surface area contributed by atoms with Gasteiger partial charge in [-0.1, -0.05) is 159 Å². The van der Waals surface area contributed by atoms with Crippen molar-refractivity contribution in [1.82, 2.24) is 19.5 Å². The molecular formula is C54H36N4O. The van der Waals surface area contributed by atoms with Gasteiger partial charge in [0.05, 0.1) is 22.1 Å². The van der Waals surface area contributed by atoms with Crippen LogP contribution in [0.3, 0.4) is 0 Å². The molecule has 11 aromatic rings. The number of aromatic nitrogens is 4. The van der Waals surface area contributed by atoms with Crippen molar-refractivity contribution in [1.29, 1.82) is 0 Å². The lowest BCUT2D eigenvalue weighted by molar-refractivity contribution is 0.661. The first kappa shape index (κ1) is 33.5. The van der Waals surface area contributed by atoms with Gasteiger partial charge < -0.3 is 8.98 Å². The Labute approximate surface area is 340 Å². The smallest absolute Gasteiger partial charge is 0.164 e. The Morgan fingerprint density at radius 1 is 0.424 bits per heavy atom. The minimum absolute atomic E-state index is 0.158. The number of fused-ring (bicyclic) bond motifs is 9. The summed E-state index contributed by atoms with van der Waals surface area (Å²) in [6.07, 6.45) is 0. The lowest BCUT2D eigenvalue weighted by Gasteiger charge is -2.21. The first-order chi connectivity index (χ1) is 29.0. The lowest BCUT2D eigenvalue weighted by Crippen LogP contribution is -2.15. The van der Waals surface area contributed by atoms with E-state index < -0.39 is 0 Å². The Morgan fingerprint density at radius 2 is 1.03 bits per heavy atom. The Balaban J connectivity index is 1.20. The van der Waals surface area contributed by atoms with Crippen LogP contribution in [0.5, 0.6) is 0 Å². The van der Waals surface area contributed by atoms with Gasteiger partial charge in [-0.3, -0.25) is 0 Å². The molecule has 59 heavy (non-hydrogen) atoms. The number of hydrogen-bond acceptors (Lipinski definition) is 4. The van der Waals surface area contributed by atoms with Crippen molar-refractivity contribution >= 4 is 43.7 Å². The third-order valence-electron chi connectivity index (χ3n) is 12.3. The molecular weight excluding hydrogens is 721 g/mol. The molecule has 0 atom stereocenters. The van der Waals surface area contributed by atoms with Crippen LogP contribution in [0.1, 0.15) is 25.0 Å². The van der Waals surface area contributed by atoms with E-state index in [-0.39, 0.29) is 5.41 Å². The Hall–Kier alpha value is -7.63. The van der Waals surface area contributed by atoms with Crippen molar-refractivity contribution in [2.45, 2.75) is 19.3 Å². The lowest BCUT2D eigenvalue weighted by atomic mass is 9.82. The predicted molar refractivity (Wildman–Crippen MR) is 241 cm³/mol. The Kier molecular flexibility index (Phi) is 7.20. The van der Waals surface area contributed by atoms with Gasteiger partial charge >= 0.3 is 0 Å². The zero-order valence-corrected chi connectivity index (χ0v) is 32.5. The zero-order chi connectivity index (χ0) is 39.2. The summed E-state index contributed by atoms with van der Waals surface area (Å²) in [5.41, 5.74) is 14.9. The van der Waals surface area contributed by atoms with Gasteiger partial charge in [-0.25, -0.2) is 15.0 Å². The van der Waals surface area contributed by atoms with Crippen LogP contribution < -0.4 is 0 Å². The van der Waals surface area contributed by atoms with Gasteiger partial charge in [0.15, 0.2) is 17.5 Å². The highest BCUT2D eigenvalue weighted by atomic mass is 16.3. The molecule has 0 bridgehead atoms. The van der Waals surface area contributed by atoms with E-state index in [0.717, 1.165) is 66.5 Å². The molecule has 0 aliphatic heterocycles. The van der Waals surface area contributed by atoms with Crippen molar-refractivity contribution in [3.8, 4) is 62.1 Å². The number of nitrogens with zero attached hydrogens (tertiary/aromatic N) is 4. The zero-order valence-electron chi connectivity index (χ0n) is 32.5. The molecule has 0 amide bonds. The fourth-order valence-corrected chi connectivity index (χ4v) is 9.47. The van der Waals surface area contributed by atoms with Gasteiger partial charge in [0.25, 0.3) is 0 Å². The standard InChI is InChI=1S/C54H36N4O/c1-54(2)42-26-14-12-23-37(42)40-31-41-38-24-13-15-27-44(38)58(46(41)32-43(40)54)45-30-29-36(33-17-6-3-7-18-33)50-49(45)48-39(25-16-28-47(48)59-50)53-56-51(34-19-8-4-9-20-34)55-52(57-53)35-21-10-5-11-22-35/h3-32H,1-2H3. The fraction of sp³-hybridized carbons (Fsp3) is 0.0556. The summed E-state index contributed by atoms with van der Waals surface area (Å²) < 4.78 is 9.51. The molecule has 0 fully saturated rings. The van der Waals surface area contributed by atoms with Gasteiger partial charge in [-0.15, -0.1) is 0 Å². The summed E-state index contributed by atoms with van der Waals surface area (Å²) in [7, 11) is 0. The molecule has 1 aliphatic rings. The second-order valence-electron chi connectivity index (χ2n) is 16.0. The van der Waals surface area contributed by atoms with E-state index in [2.05, 4.69) is 134 Å². The molecule has 3 heterocycles. The van der Waals surface area contributed by atoms with Crippen LogP contribution >= 0.6 is 0 Å². The molecule has 0 N–H and O–H groups in total. The highest BCUT2D eigenvalue weighted by molar-refractivity contribution is 6.20. The van der Waals surface area contributed by atoms with Crippen LogP contribution in [0.15, 0.2) is 186 Å². The average Bonchev–Trinajstić information content (AvgIpc) is 3.92. The van der Waals surface area contributed by atoms with Gasteiger partial charge in [0, 0.05) is 43.8 Å². The molecule has 278 valence electrons. The molecule has 12 rings (SSSR count). The normalized spacial score (nSPS) is 13.1. The SMILES string of the molecule is CC1(C)c2ccccc2-c2cc3c4ccccc4n(-c4ccc(-c5ccccc5)c5oc6cccc(-c7nc(-c8ccccc8)nc(-c8ccccc8)n7)c6c45)c3cc21. The highest BCUT2D eigenvalue weighted by Gasteiger charge is 2.36. The number of para-hydroxylation sites is 1. The van der Waals surface area contributed by atoms with Crippen LogP contribution in [0.2, 0.25) is 0 Å². The van der Waals surface area contributed by atoms with Crippen molar-refractivity contribution in [3.63, 3.8) is 0 Å². The second kappa shape index (κ2) is 12.7. The molecule has 3 aromatic heterocycles. The van der Waals surface area contributed by atoms with Gasteiger partial charge in [-0.2, -0.15) is 0 Å². The highest BCUT2D eigenvalue weighted by Crippen LogP contribution is 2.52. The molecule has 5 heteroatoms. The van der Waals surface area contributed by atoms with Crippen LogP contribution in [0.4, 0.5) is 0 Å². The quantitative estimate of drug-likeness (QED) is 0.175. The summed E-state index contributed by atoms with van der Waals surface area (Å²) in [5.74, 6) is 1.82. The van der Waals surface area contributed by atoms with Gasteiger partial charge in [0.2, 0.25) is 0 Å². The molecule has 1 aliphatic carbocycles. The summed E-state index contributed by atoms with van der Waals surface area (Å²) in [4.78, 5) is 15.4. The second-order valence-corrected chi connectivity index (χ2v) is 16.0. The molecule has 5 nitrogen and oxygen atoms in total. The Morgan fingerprint density at radius 3 is 1.76 bits per heavy atom.